The number of carbonyl (C=O) groups is 1. The Hall–Kier alpha value is -2.51. The number of aromatic nitrogens is 2. The Bertz CT molecular complexity index is 778. The number of ether oxygens (including phenoxy) is 2. The van der Waals surface area contributed by atoms with E-state index in [1.54, 1.807) is 12.1 Å². The lowest BCUT2D eigenvalue weighted by Crippen LogP contribution is -2.45. The summed E-state index contributed by atoms with van der Waals surface area (Å²) in [6.07, 6.45) is 1.64. The smallest absolute Gasteiger partial charge is 0.257 e. The minimum atomic E-state index is -0.397. The first-order chi connectivity index (χ1) is 12.7. The van der Waals surface area contributed by atoms with E-state index in [-0.39, 0.29) is 5.91 Å². The van der Waals surface area contributed by atoms with Gasteiger partial charge in [-0.1, -0.05) is 18.2 Å². The highest BCUT2D eigenvalue weighted by Crippen LogP contribution is 2.32. The summed E-state index contributed by atoms with van der Waals surface area (Å²) in [6.45, 7) is 4.88. The van der Waals surface area contributed by atoms with Gasteiger partial charge in [-0.2, -0.15) is 0 Å². The zero-order valence-corrected chi connectivity index (χ0v) is 14.8. The van der Waals surface area contributed by atoms with E-state index in [1.165, 1.54) is 0 Å². The van der Waals surface area contributed by atoms with Crippen LogP contribution in [-0.4, -0.2) is 48.2 Å². The standard InChI is InChI=1S/C19H22N4O3/c1-14-4-2-3-5-15(14)18(24)20-16-6-7-17(22-21-16)23-10-8-19(9-11-23)25-12-13-26-19/h2-7H,8-13H2,1H3,(H,20,21,24). The third-order valence-corrected chi connectivity index (χ3v) is 4.94. The van der Waals surface area contributed by atoms with Gasteiger partial charge in [0.2, 0.25) is 0 Å². The first-order valence-corrected chi connectivity index (χ1v) is 8.89. The molecule has 1 aromatic carbocycles. The van der Waals surface area contributed by atoms with Crippen LogP contribution in [0.15, 0.2) is 36.4 Å². The second-order valence-corrected chi connectivity index (χ2v) is 6.64. The van der Waals surface area contributed by atoms with Crippen molar-refractivity contribution in [3.05, 3.63) is 47.5 Å². The number of nitrogens with one attached hydrogen (secondary N) is 1. The van der Waals surface area contributed by atoms with Gasteiger partial charge >= 0.3 is 0 Å². The Morgan fingerprint density at radius 2 is 1.81 bits per heavy atom. The zero-order chi connectivity index (χ0) is 18.0. The molecule has 0 radical (unpaired) electrons. The third-order valence-electron chi connectivity index (χ3n) is 4.94. The summed E-state index contributed by atoms with van der Waals surface area (Å²) in [7, 11) is 0. The molecule has 1 amide bonds. The van der Waals surface area contributed by atoms with Crippen molar-refractivity contribution >= 4 is 17.5 Å². The van der Waals surface area contributed by atoms with Crippen molar-refractivity contribution in [1.82, 2.24) is 10.2 Å². The second-order valence-electron chi connectivity index (χ2n) is 6.64. The molecule has 4 rings (SSSR count). The molecule has 2 aromatic rings. The number of nitrogens with zero attached hydrogens (tertiary/aromatic N) is 3. The van der Waals surface area contributed by atoms with Gasteiger partial charge in [-0.3, -0.25) is 4.79 Å². The lowest BCUT2D eigenvalue weighted by molar-refractivity contribution is -0.169. The van der Waals surface area contributed by atoms with Crippen LogP contribution in [0, 0.1) is 6.92 Å². The van der Waals surface area contributed by atoms with Gasteiger partial charge in [-0.25, -0.2) is 0 Å². The summed E-state index contributed by atoms with van der Waals surface area (Å²) < 4.78 is 11.5. The van der Waals surface area contributed by atoms with Crippen molar-refractivity contribution in [2.24, 2.45) is 0 Å². The van der Waals surface area contributed by atoms with E-state index in [0.717, 1.165) is 37.3 Å². The van der Waals surface area contributed by atoms with Gasteiger partial charge in [0.05, 0.1) is 13.2 Å². The van der Waals surface area contributed by atoms with E-state index in [9.17, 15) is 4.79 Å². The molecule has 0 aliphatic carbocycles. The normalized spacial score (nSPS) is 18.9. The quantitative estimate of drug-likeness (QED) is 0.912. The molecule has 1 spiro atoms. The average molecular weight is 354 g/mol. The average Bonchev–Trinajstić information content (AvgIpc) is 3.11. The number of hydrogen-bond donors (Lipinski definition) is 1. The third kappa shape index (κ3) is 3.40. The number of benzene rings is 1. The van der Waals surface area contributed by atoms with Gasteiger partial charge in [-0.15, -0.1) is 10.2 Å². The van der Waals surface area contributed by atoms with Gasteiger partial charge in [-0.05, 0) is 30.7 Å². The summed E-state index contributed by atoms with van der Waals surface area (Å²) in [6, 6.07) is 11.1. The fraction of sp³-hybridized carbons (Fsp3) is 0.421. The van der Waals surface area contributed by atoms with Gasteiger partial charge in [0.1, 0.15) is 0 Å². The maximum Gasteiger partial charge on any atom is 0.257 e. The number of rotatable bonds is 3. The largest absolute Gasteiger partial charge is 0.355 e. The molecule has 0 saturated carbocycles. The molecule has 2 aliphatic heterocycles. The van der Waals surface area contributed by atoms with Crippen molar-refractivity contribution in [2.75, 3.05) is 36.5 Å². The zero-order valence-electron chi connectivity index (χ0n) is 14.8. The Morgan fingerprint density at radius 1 is 1.08 bits per heavy atom. The number of carbonyl (C=O) groups excluding carboxylic acids is 1. The Kier molecular flexibility index (Phi) is 4.57. The van der Waals surface area contributed by atoms with Crippen LogP contribution in [-0.2, 0) is 9.47 Å². The van der Waals surface area contributed by atoms with Crippen molar-refractivity contribution in [3.8, 4) is 0 Å². The highest BCUT2D eigenvalue weighted by atomic mass is 16.7. The molecular formula is C19H22N4O3. The molecular weight excluding hydrogens is 332 g/mol. The minimum absolute atomic E-state index is 0.180. The van der Waals surface area contributed by atoms with Crippen LogP contribution in [0.1, 0.15) is 28.8 Å². The molecule has 0 bridgehead atoms. The van der Waals surface area contributed by atoms with E-state index in [1.807, 2.05) is 31.2 Å². The topological polar surface area (TPSA) is 76.6 Å². The van der Waals surface area contributed by atoms with Crippen LogP contribution >= 0.6 is 0 Å². The Morgan fingerprint density at radius 3 is 2.46 bits per heavy atom. The maximum atomic E-state index is 12.3. The van der Waals surface area contributed by atoms with Gasteiger partial charge < -0.3 is 19.7 Å². The summed E-state index contributed by atoms with van der Waals surface area (Å²) in [5.41, 5.74) is 1.56. The highest BCUT2D eigenvalue weighted by Gasteiger charge is 2.40. The molecule has 1 aromatic heterocycles. The number of piperidine rings is 1. The van der Waals surface area contributed by atoms with Crippen molar-refractivity contribution in [1.29, 1.82) is 0 Å². The molecule has 26 heavy (non-hydrogen) atoms. The van der Waals surface area contributed by atoms with Crippen LogP contribution in [0.4, 0.5) is 11.6 Å². The lowest BCUT2D eigenvalue weighted by atomic mass is 10.0. The first kappa shape index (κ1) is 16.9. The van der Waals surface area contributed by atoms with Gasteiger partial charge in [0, 0.05) is 31.5 Å². The Labute approximate surface area is 152 Å². The molecule has 136 valence electrons. The molecule has 3 heterocycles. The first-order valence-electron chi connectivity index (χ1n) is 8.89. The van der Waals surface area contributed by atoms with Crippen molar-refractivity contribution < 1.29 is 14.3 Å². The molecule has 0 atom stereocenters. The minimum Gasteiger partial charge on any atom is -0.355 e. The van der Waals surface area contributed by atoms with Crippen molar-refractivity contribution in [3.63, 3.8) is 0 Å². The van der Waals surface area contributed by atoms with Crippen LogP contribution in [0.5, 0.6) is 0 Å². The Balaban J connectivity index is 1.38. The highest BCUT2D eigenvalue weighted by molar-refractivity contribution is 6.04. The van der Waals surface area contributed by atoms with E-state index in [4.69, 9.17) is 9.47 Å². The molecule has 0 unspecified atom stereocenters. The predicted octanol–water partition coefficient (Wildman–Crippen LogP) is 2.38. The van der Waals surface area contributed by atoms with Crippen LogP contribution < -0.4 is 10.2 Å². The van der Waals surface area contributed by atoms with E-state index >= 15 is 0 Å². The summed E-state index contributed by atoms with van der Waals surface area (Å²) in [4.78, 5) is 14.5. The fourth-order valence-electron chi connectivity index (χ4n) is 3.43. The molecule has 2 aliphatic rings. The van der Waals surface area contributed by atoms with E-state index in [2.05, 4.69) is 20.4 Å². The SMILES string of the molecule is Cc1ccccc1C(=O)Nc1ccc(N2CCC3(CC2)OCCO3)nn1. The molecule has 2 saturated heterocycles. The van der Waals surface area contributed by atoms with Crippen LogP contribution in [0.25, 0.3) is 0 Å². The second kappa shape index (κ2) is 7.01. The summed E-state index contributed by atoms with van der Waals surface area (Å²) in [5, 5.41) is 11.2. The van der Waals surface area contributed by atoms with E-state index < -0.39 is 5.79 Å². The molecule has 7 nitrogen and oxygen atoms in total. The fourth-order valence-corrected chi connectivity index (χ4v) is 3.43. The number of aryl methyl sites for hydroxylation is 1. The van der Waals surface area contributed by atoms with Gasteiger partial charge in [0.25, 0.3) is 5.91 Å². The predicted molar refractivity (Wildman–Crippen MR) is 97.2 cm³/mol. The summed E-state index contributed by atoms with van der Waals surface area (Å²) in [5.74, 6) is 0.663. The van der Waals surface area contributed by atoms with E-state index in [0.29, 0.717) is 24.6 Å². The monoisotopic (exact) mass is 354 g/mol. The van der Waals surface area contributed by atoms with Crippen molar-refractivity contribution in [2.45, 2.75) is 25.6 Å². The van der Waals surface area contributed by atoms with Crippen LogP contribution in [0.2, 0.25) is 0 Å². The molecule has 7 heteroatoms. The molecule has 1 N–H and O–H groups in total. The number of hydrogen-bond acceptors (Lipinski definition) is 6. The maximum absolute atomic E-state index is 12.3. The van der Waals surface area contributed by atoms with Crippen LogP contribution in [0.3, 0.4) is 0 Å². The number of amides is 1. The molecule has 2 fully saturated rings. The van der Waals surface area contributed by atoms with Gasteiger partial charge in [0.15, 0.2) is 17.4 Å². The summed E-state index contributed by atoms with van der Waals surface area (Å²) >= 11 is 0. The lowest BCUT2D eigenvalue weighted by Gasteiger charge is -2.37. The number of anilines is 2.